The number of nitrogens with zero attached hydrogens (tertiary/aromatic N) is 1. The van der Waals surface area contributed by atoms with E-state index in [0.29, 0.717) is 31.3 Å². The number of ether oxygens (including phenoxy) is 2. The van der Waals surface area contributed by atoms with E-state index >= 15 is 0 Å². The maximum Gasteiger partial charge on any atom is 0.263 e. The number of fused-ring (bicyclic) bond motifs is 1. The minimum absolute atomic E-state index is 0.110. The first-order valence-electron chi connectivity index (χ1n) is 9.90. The molecule has 0 aliphatic carbocycles. The molecule has 0 saturated carbocycles. The Hall–Kier alpha value is -3.54. The van der Waals surface area contributed by atoms with Gasteiger partial charge in [-0.15, -0.1) is 0 Å². The van der Waals surface area contributed by atoms with Crippen LogP contribution in [-0.2, 0) is 12.1 Å². The number of carbonyl (C=O) groups is 1. The molecule has 0 bridgehead atoms. The van der Waals surface area contributed by atoms with Gasteiger partial charge in [0.1, 0.15) is 18.8 Å². The highest BCUT2D eigenvalue weighted by atomic mass is 16.6. The molecule has 0 radical (unpaired) electrons. The zero-order chi connectivity index (χ0) is 21.1. The Labute approximate surface area is 175 Å². The molecule has 3 aromatic rings. The van der Waals surface area contributed by atoms with E-state index < -0.39 is 11.4 Å². The van der Waals surface area contributed by atoms with Gasteiger partial charge in [0.05, 0.1) is 12.1 Å². The van der Waals surface area contributed by atoms with E-state index in [1.54, 1.807) is 22.9 Å². The van der Waals surface area contributed by atoms with Crippen molar-refractivity contribution in [2.24, 2.45) is 0 Å². The molecule has 1 aliphatic rings. The predicted molar refractivity (Wildman–Crippen MR) is 114 cm³/mol. The van der Waals surface area contributed by atoms with Gasteiger partial charge in [0.2, 0.25) is 0 Å². The molecular formula is C24H24N2O4. The third kappa shape index (κ3) is 4.08. The first-order chi connectivity index (χ1) is 14.4. The summed E-state index contributed by atoms with van der Waals surface area (Å²) >= 11 is 0. The third-order valence-corrected chi connectivity index (χ3v) is 5.15. The molecule has 0 atom stereocenters. The topological polar surface area (TPSA) is 69.6 Å². The second-order valence-corrected chi connectivity index (χ2v) is 7.78. The molecule has 154 valence electrons. The van der Waals surface area contributed by atoms with Gasteiger partial charge >= 0.3 is 0 Å². The van der Waals surface area contributed by atoms with Crippen molar-refractivity contribution in [2.45, 2.75) is 25.9 Å². The fourth-order valence-electron chi connectivity index (χ4n) is 3.47. The first kappa shape index (κ1) is 19.8. The van der Waals surface area contributed by atoms with Crippen molar-refractivity contribution in [1.82, 2.24) is 9.88 Å². The van der Waals surface area contributed by atoms with E-state index in [1.807, 2.05) is 62.4 Å². The lowest BCUT2D eigenvalue weighted by Gasteiger charge is -2.28. The molecule has 1 aromatic heterocycles. The molecule has 1 N–H and O–H groups in total. The van der Waals surface area contributed by atoms with Crippen molar-refractivity contribution in [1.29, 1.82) is 0 Å². The molecule has 0 saturated heterocycles. The Morgan fingerprint density at radius 3 is 2.50 bits per heavy atom. The highest BCUT2D eigenvalue weighted by molar-refractivity contribution is 5.94. The molecule has 0 spiro atoms. The summed E-state index contributed by atoms with van der Waals surface area (Å²) in [5, 5.41) is 2.98. The summed E-state index contributed by atoms with van der Waals surface area (Å²) in [4.78, 5) is 25.9. The smallest absolute Gasteiger partial charge is 0.263 e. The Kier molecular flexibility index (Phi) is 5.31. The van der Waals surface area contributed by atoms with Crippen molar-refractivity contribution < 1.29 is 14.3 Å². The largest absolute Gasteiger partial charge is 0.486 e. The predicted octanol–water partition coefficient (Wildman–Crippen LogP) is 3.33. The van der Waals surface area contributed by atoms with E-state index in [4.69, 9.17) is 9.47 Å². The number of carbonyl (C=O) groups excluding carboxylic acids is 1. The average Bonchev–Trinajstić information content (AvgIpc) is 2.75. The molecule has 2 aromatic carbocycles. The number of aromatic nitrogens is 1. The maximum atomic E-state index is 13.0. The summed E-state index contributed by atoms with van der Waals surface area (Å²) in [7, 11) is 0. The lowest BCUT2D eigenvalue weighted by atomic mass is 9.93. The minimum Gasteiger partial charge on any atom is -0.486 e. The molecule has 1 aliphatic heterocycles. The molecule has 0 unspecified atom stereocenters. The lowest BCUT2D eigenvalue weighted by Crippen LogP contribution is -2.43. The zero-order valence-electron chi connectivity index (χ0n) is 17.1. The molecular weight excluding hydrogens is 380 g/mol. The fraction of sp³-hybridized carbons (Fsp3) is 0.250. The van der Waals surface area contributed by atoms with E-state index in [1.165, 1.54) is 0 Å². The summed E-state index contributed by atoms with van der Waals surface area (Å²) in [6.45, 7) is 5.21. The molecule has 2 heterocycles. The van der Waals surface area contributed by atoms with E-state index in [0.717, 1.165) is 11.1 Å². The van der Waals surface area contributed by atoms with Crippen molar-refractivity contribution >= 4 is 5.91 Å². The van der Waals surface area contributed by atoms with Crippen LogP contribution >= 0.6 is 0 Å². The van der Waals surface area contributed by atoms with E-state index in [9.17, 15) is 9.59 Å². The molecule has 4 rings (SSSR count). The second kappa shape index (κ2) is 8.06. The van der Waals surface area contributed by atoms with Crippen LogP contribution in [0.5, 0.6) is 11.5 Å². The number of rotatable bonds is 5. The molecule has 30 heavy (non-hydrogen) atoms. The minimum atomic E-state index is -0.709. The maximum absolute atomic E-state index is 13.0. The van der Waals surface area contributed by atoms with Gasteiger partial charge < -0.3 is 19.4 Å². The summed E-state index contributed by atoms with van der Waals surface area (Å²) < 4.78 is 12.8. The SMILES string of the molecule is CC(C)(NC(=O)c1cccn(Cc2ccccc2)c1=O)c1ccc2c(c1)OCCO2. The third-order valence-electron chi connectivity index (χ3n) is 5.15. The van der Waals surface area contributed by atoms with Crippen molar-refractivity contribution in [2.75, 3.05) is 13.2 Å². The van der Waals surface area contributed by atoms with E-state index in [-0.39, 0.29) is 11.1 Å². The van der Waals surface area contributed by atoms with Crippen molar-refractivity contribution in [3.8, 4) is 11.5 Å². The quantitative estimate of drug-likeness (QED) is 0.708. The van der Waals surface area contributed by atoms with Gasteiger partial charge in [0.15, 0.2) is 11.5 Å². The number of nitrogens with one attached hydrogen (secondary N) is 1. The Balaban J connectivity index is 1.56. The van der Waals surface area contributed by atoms with Crippen LogP contribution in [0, 0.1) is 0 Å². The number of benzene rings is 2. The summed E-state index contributed by atoms with van der Waals surface area (Å²) in [6, 6.07) is 18.5. The summed E-state index contributed by atoms with van der Waals surface area (Å²) in [6.07, 6.45) is 1.69. The van der Waals surface area contributed by atoms with Gasteiger partial charge in [-0.2, -0.15) is 0 Å². The number of amides is 1. The lowest BCUT2D eigenvalue weighted by molar-refractivity contribution is 0.0909. The van der Waals surface area contributed by atoms with Crippen LogP contribution in [0.4, 0.5) is 0 Å². The van der Waals surface area contributed by atoms with Gasteiger partial charge in [-0.1, -0.05) is 36.4 Å². The van der Waals surface area contributed by atoms with Crippen LogP contribution in [0.3, 0.4) is 0 Å². The van der Waals surface area contributed by atoms with Crippen LogP contribution in [-0.4, -0.2) is 23.7 Å². The monoisotopic (exact) mass is 404 g/mol. The average molecular weight is 404 g/mol. The molecule has 6 nitrogen and oxygen atoms in total. The van der Waals surface area contributed by atoms with Crippen LogP contribution in [0.25, 0.3) is 0 Å². The van der Waals surface area contributed by atoms with Crippen molar-refractivity contribution in [3.63, 3.8) is 0 Å². The Morgan fingerprint density at radius 2 is 1.73 bits per heavy atom. The summed E-state index contributed by atoms with van der Waals surface area (Å²) in [5.74, 6) is 0.937. The first-order valence-corrected chi connectivity index (χ1v) is 9.90. The normalized spacial score (nSPS) is 13.0. The Morgan fingerprint density at radius 1 is 1.00 bits per heavy atom. The van der Waals surface area contributed by atoms with Gasteiger partial charge in [0, 0.05) is 6.20 Å². The highest BCUT2D eigenvalue weighted by Crippen LogP contribution is 2.34. The standard InChI is InChI=1S/C24H24N2O4/c1-24(2,18-10-11-20-21(15-18)30-14-13-29-20)25-22(27)19-9-6-12-26(23(19)28)16-17-7-4-3-5-8-17/h3-12,15H,13-14,16H2,1-2H3,(H,25,27). The van der Waals surface area contributed by atoms with Gasteiger partial charge in [-0.05, 0) is 49.2 Å². The fourth-order valence-corrected chi connectivity index (χ4v) is 3.47. The van der Waals surface area contributed by atoms with Crippen molar-refractivity contribution in [3.05, 3.63) is 93.9 Å². The van der Waals surface area contributed by atoms with Crippen LogP contribution in [0.15, 0.2) is 71.7 Å². The molecule has 0 fully saturated rings. The van der Waals surface area contributed by atoms with Gasteiger partial charge in [-0.3, -0.25) is 9.59 Å². The van der Waals surface area contributed by atoms with Crippen LogP contribution in [0.2, 0.25) is 0 Å². The van der Waals surface area contributed by atoms with Gasteiger partial charge in [-0.25, -0.2) is 0 Å². The van der Waals surface area contributed by atoms with E-state index in [2.05, 4.69) is 5.32 Å². The zero-order valence-corrected chi connectivity index (χ0v) is 17.1. The number of pyridine rings is 1. The number of hydrogen-bond donors (Lipinski definition) is 1. The second-order valence-electron chi connectivity index (χ2n) is 7.78. The molecule has 1 amide bonds. The van der Waals surface area contributed by atoms with Crippen LogP contribution < -0.4 is 20.3 Å². The molecule has 6 heteroatoms. The Bertz CT molecular complexity index is 1120. The van der Waals surface area contributed by atoms with Crippen LogP contribution in [0.1, 0.15) is 35.3 Å². The summed E-state index contributed by atoms with van der Waals surface area (Å²) in [5.41, 5.74) is 0.935. The highest BCUT2D eigenvalue weighted by Gasteiger charge is 2.27. The van der Waals surface area contributed by atoms with Gasteiger partial charge in [0.25, 0.3) is 11.5 Å². The number of hydrogen-bond acceptors (Lipinski definition) is 4.